The van der Waals surface area contributed by atoms with Gasteiger partial charge in [-0.3, -0.25) is 0 Å². The van der Waals surface area contributed by atoms with Gasteiger partial charge in [-0.15, -0.1) is 0 Å². The minimum absolute atomic E-state index is 0.0150. The van der Waals surface area contributed by atoms with Crippen molar-refractivity contribution in [3.05, 3.63) is 27.1 Å². The standard InChI is InChI=1S/C13H16BBr2NO4/c15-10-1-2-13(12(16)7-10)18-9-11-8-17-3-5-19-14(17,21-11)20-6-4-17/h1-2,7,11H,3-6,8-9H2. The number of hydrogen-bond acceptors (Lipinski definition) is 4. The van der Waals surface area contributed by atoms with Gasteiger partial charge in [0.05, 0.1) is 37.3 Å². The fourth-order valence-electron chi connectivity index (χ4n) is 3.64. The summed E-state index contributed by atoms with van der Waals surface area (Å²) >= 11 is 6.94. The van der Waals surface area contributed by atoms with E-state index in [1.54, 1.807) is 0 Å². The Morgan fingerprint density at radius 2 is 2.00 bits per heavy atom. The van der Waals surface area contributed by atoms with Crippen molar-refractivity contribution in [3.8, 4) is 5.75 Å². The van der Waals surface area contributed by atoms with Crippen molar-refractivity contribution in [1.29, 1.82) is 0 Å². The summed E-state index contributed by atoms with van der Waals surface area (Å²) in [6.07, 6.45) is 0.0150. The molecule has 0 amide bonds. The van der Waals surface area contributed by atoms with Crippen LogP contribution in [-0.4, -0.2) is 56.8 Å². The number of quaternary nitrogens is 1. The largest absolute Gasteiger partial charge is 0.625 e. The van der Waals surface area contributed by atoms with Crippen LogP contribution in [0.3, 0.4) is 0 Å². The summed E-state index contributed by atoms with van der Waals surface area (Å²) in [6, 6.07) is 5.87. The van der Waals surface area contributed by atoms with Crippen LogP contribution in [0.5, 0.6) is 5.75 Å². The van der Waals surface area contributed by atoms with E-state index in [9.17, 15) is 0 Å². The molecule has 0 saturated carbocycles. The van der Waals surface area contributed by atoms with Crippen molar-refractivity contribution in [2.45, 2.75) is 6.10 Å². The molecule has 8 heteroatoms. The van der Waals surface area contributed by atoms with Gasteiger partial charge >= 0.3 is 6.89 Å². The highest BCUT2D eigenvalue weighted by atomic mass is 79.9. The van der Waals surface area contributed by atoms with Crippen molar-refractivity contribution >= 4 is 38.7 Å². The molecule has 21 heavy (non-hydrogen) atoms. The first-order valence-corrected chi connectivity index (χ1v) is 8.74. The summed E-state index contributed by atoms with van der Waals surface area (Å²) in [5.41, 5.74) is 0. The number of halogens is 2. The highest BCUT2D eigenvalue weighted by molar-refractivity contribution is 9.11. The molecule has 114 valence electrons. The summed E-state index contributed by atoms with van der Waals surface area (Å²) in [7, 11) is 0. The van der Waals surface area contributed by atoms with Crippen LogP contribution in [-0.2, 0) is 14.0 Å². The van der Waals surface area contributed by atoms with E-state index in [1.807, 2.05) is 18.2 Å². The van der Waals surface area contributed by atoms with Gasteiger partial charge in [-0.05, 0) is 34.1 Å². The lowest BCUT2D eigenvalue weighted by Gasteiger charge is -2.37. The van der Waals surface area contributed by atoms with E-state index in [1.165, 1.54) is 0 Å². The first-order chi connectivity index (χ1) is 10.1. The molecular weight excluding hydrogens is 405 g/mol. The van der Waals surface area contributed by atoms with Crippen LogP contribution in [0, 0.1) is 0 Å². The SMILES string of the molecule is Brc1ccc(OCC2C[N+]34CCO[B-]3(OCC4)O2)c(Br)c1. The molecule has 0 radical (unpaired) electrons. The van der Waals surface area contributed by atoms with Crippen LogP contribution >= 0.6 is 31.9 Å². The summed E-state index contributed by atoms with van der Waals surface area (Å²) in [5, 5.41) is 0. The Morgan fingerprint density at radius 3 is 2.67 bits per heavy atom. The van der Waals surface area contributed by atoms with Crippen LogP contribution in [0.4, 0.5) is 0 Å². The quantitative estimate of drug-likeness (QED) is 0.703. The Bertz CT molecular complexity index is 543. The first-order valence-electron chi connectivity index (χ1n) is 7.15. The minimum Gasteiger partial charge on any atom is -0.490 e. The van der Waals surface area contributed by atoms with Crippen molar-refractivity contribution in [3.63, 3.8) is 0 Å². The molecular formula is C13H16BBr2NO4. The Balaban J connectivity index is 1.43. The fraction of sp³-hybridized carbons (Fsp3) is 0.538. The molecule has 5 nitrogen and oxygen atoms in total. The van der Waals surface area contributed by atoms with Gasteiger partial charge in [-0.2, -0.15) is 0 Å². The third-order valence-corrected chi connectivity index (χ3v) is 5.76. The maximum atomic E-state index is 6.11. The topological polar surface area (TPSA) is 36.9 Å². The van der Waals surface area contributed by atoms with Crippen molar-refractivity contribution in [2.24, 2.45) is 0 Å². The Morgan fingerprint density at radius 1 is 1.24 bits per heavy atom. The number of hydrogen-bond donors (Lipinski definition) is 0. The molecule has 3 aliphatic rings. The number of ether oxygens (including phenoxy) is 1. The summed E-state index contributed by atoms with van der Waals surface area (Å²) in [4.78, 5) is 0. The molecule has 0 spiro atoms. The van der Waals surface area contributed by atoms with E-state index in [4.69, 9.17) is 18.7 Å². The monoisotopic (exact) mass is 419 g/mol. The highest BCUT2D eigenvalue weighted by Gasteiger charge is 2.66. The molecule has 3 saturated heterocycles. The normalized spacial score (nSPS) is 37.5. The van der Waals surface area contributed by atoms with E-state index in [-0.39, 0.29) is 6.10 Å². The summed E-state index contributed by atoms with van der Waals surface area (Å²) in [5.74, 6) is 0.820. The lowest BCUT2D eigenvalue weighted by molar-refractivity contribution is -0.816. The van der Waals surface area contributed by atoms with Gasteiger partial charge in [0.25, 0.3) is 0 Å². The first kappa shape index (κ1) is 14.5. The van der Waals surface area contributed by atoms with Gasteiger partial charge < -0.3 is 23.1 Å². The molecule has 0 N–H and O–H groups in total. The molecule has 1 aromatic rings. The van der Waals surface area contributed by atoms with Crippen LogP contribution in [0.1, 0.15) is 0 Å². The third kappa shape index (κ3) is 2.27. The minimum atomic E-state index is -1.58. The predicted octanol–water partition coefficient (Wildman–Crippen LogP) is 2.30. The second kappa shape index (κ2) is 5.21. The summed E-state index contributed by atoms with van der Waals surface area (Å²) < 4.78 is 26.4. The smallest absolute Gasteiger partial charge is 0.490 e. The maximum absolute atomic E-state index is 6.11. The number of benzene rings is 1. The van der Waals surface area contributed by atoms with Crippen molar-refractivity contribution < 1.29 is 23.1 Å². The fourth-order valence-corrected chi connectivity index (χ4v) is 4.80. The Hall–Kier alpha value is -0.115. The molecule has 3 heterocycles. The van der Waals surface area contributed by atoms with Gasteiger partial charge in [0.15, 0.2) is 0 Å². The average molecular weight is 421 g/mol. The number of nitrogens with zero attached hydrogens (tertiary/aromatic N) is 1. The van der Waals surface area contributed by atoms with Gasteiger partial charge in [0, 0.05) is 4.47 Å². The molecule has 1 atom stereocenters. The molecule has 3 aliphatic heterocycles. The zero-order valence-electron chi connectivity index (χ0n) is 11.5. The van der Waals surface area contributed by atoms with Crippen molar-refractivity contribution in [2.75, 3.05) is 39.5 Å². The van der Waals surface area contributed by atoms with E-state index >= 15 is 0 Å². The molecule has 1 unspecified atom stereocenters. The zero-order valence-corrected chi connectivity index (χ0v) is 14.6. The van der Waals surface area contributed by atoms with Crippen LogP contribution in [0.15, 0.2) is 27.1 Å². The van der Waals surface area contributed by atoms with Crippen molar-refractivity contribution in [1.82, 2.24) is 0 Å². The molecule has 0 aromatic heterocycles. The van der Waals surface area contributed by atoms with Gasteiger partial charge in [-0.25, -0.2) is 0 Å². The predicted molar refractivity (Wildman–Crippen MR) is 84.7 cm³/mol. The second-order valence-corrected chi connectivity index (χ2v) is 7.61. The Kier molecular flexibility index (Phi) is 3.59. The van der Waals surface area contributed by atoms with Crippen LogP contribution in [0.25, 0.3) is 0 Å². The highest BCUT2D eigenvalue weighted by Crippen LogP contribution is 2.41. The maximum Gasteiger partial charge on any atom is 0.625 e. The molecule has 0 bridgehead atoms. The summed E-state index contributed by atoms with van der Waals surface area (Å²) in [6.45, 7) is 3.26. The Labute approximate surface area is 140 Å². The molecule has 3 fully saturated rings. The van der Waals surface area contributed by atoms with Crippen LogP contribution in [0.2, 0.25) is 0 Å². The van der Waals surface area contributed by atoms with Crippen LogP contribution < -0.4 is 4.74 Å². The van der Waals surface area contributed by atoms with E-state index in [0.29, 0.717) is 6.61 Å². The lowest BCUT2D eigenvalue weighted by Crippen LogP contribution is -2.59. The zero-order chi connectivity index (χ0) is 14.5. The van der Waals surface area contributed by atoms with E-state index in [0.717, 1.165) is 51.9 Å². The number of rotatable bonds is 3. The molecule has 1 aromatic carbocycles. The lowest BCUT2D eigenvalue weighted by atomic mass is 9.94. The third-order valence-electron chi connectivity index (χ3n) is 4.65. The van der Waals surface area contributed by atoms with E-state index in [2.05, 4.69) is 31.9 Å². The molecule has 4 rings (SSSR count). The molecule has 0 aliphatic carbocycles. The van der Waals surface area contributed by atoms with Gasteiger partial charge in [0.2, 0.25) is 0 Å². The van der Waals surface area contributed by atoms with E-state index < -0.39 is 6.89 Å². The average Bonchev–Trinajstić information content (AvgIpc) is 2.98. The van der Waals surface area contributed by atoms with Gasteiger partial charge in [0.1, 0.15) is 18.5 Å². The van der Waals surface area contributed by atoms with Gasteiger partial charge in [-0.1, -0.05) is 15.9 Å². The second-order valence-electron chi connectivity index (χ2n) is 5.84.